The van der Waals surface area contributed by atoms with Crippen molar-refractivity contribution in [1.82, 2.24) is 0 Å². The first-order valence-electron chi connectivity index (χ1n) is 4.67. The van der Waals surface area contributed by atoms with E-state index < -0.39 is 0 Å². The quantitative estimate of drug-likeness (QED) is 0.682. The van der Waals surface area contributed by atoms with Crippen LogP contribution >= 0.6 is 0 Å². The fraction of sp³-hybridized carbons (Fsp3) is 1.00. The molecule has 0 aliphatic rings. The van der Waals surface area contributed by atoms with Crippen molar-refractivity contribution < 1.29 is 10.2 Å². The summed E-state index contributed by atoms with van der Waals surface area (Å²) in [4.78, 5) is 0. The van der Waals surface area contributed by atoms with Crippen molar-refractivity contribution >= 4 is 0 Å². The summed E-state index contributed by atoms with van der Waals surface area (Å²) in [6.45, 7) is 8.30. The van der Waals surface area contributed by atoms with E-state index in [1.165, 1.54) is 0 Å². The molecule has 0 saturated carbocycles. The second kappa shape index (κ2) is 4.83. The number of hydrogen-bond acceptors (Lipinski definition) is 2. The molecule has 74 valence electrons. The van der Waals surface area contributed by atoms with Crippen molar-refractivity contribution in [2.75, 3.05) is 6.61 Å². The molecule has 0 aromatic heterocycles. The van der Waals surface area contributed by atoms with Gasteiger partial charge in [0.25, 0.3) is 0 Å². The van der Waals surface area contributed by atoms with Gasteiger partial charge in [0.2, 0.25) is 0 Å². The normalized spacial score (nSPS) is 17.5. The summed E-state index contributed by atoms with van der Waals surface area (Å²) in [5.74, 6) is 0.307. The zero-order valence-electron chi connectivity index (χ0n) is 8.67. The predicted molar refractivity (Wildman–Crippen MR) is 50.9 cm³/mol. The zero-order chi connectivity index (χ0) is 9.78. The summed E-state index contributed by atoms with van der Waals surface area (Å²) in [5.41, 5.74) is -0.0326. The van der Waals surface area contributed by atoms with Gasteiger partial charge in [-0.25, -0.2) is 0 Å². The van der Waals surface area contributed by atoms with Crippen LogP contribution < -0.4 is 0 Å². The van der Waals surface area contributed by atoms with Crippen LogP contribution in [0.2, 0.25) is 0 Å². The largest absolute Gasteiger partial charge is 0.396 e. The van der Waals surface area contributed by atoms with Crippen molar-refractivity contribution in [1.29, 1.82) is 0 Å². The molecule has 2 atom stereocenters. The molecule has 0 fully saturated rings. The van der Waals surface area contributed by atoms with E-state index >= 15 is 0 Å². The average Bonchev–Trinajstić information content (AvgIpc) is 1.97. The average molecular weight is 174 g/mol. The fourth-order valence-electron chi connectivity index (χ4n) is 0.967. The summed E-state index contributed by atoms with van der Waals surface area (Å²) < 4.78 is 0. The SMILES string of the molecule is CC(CO)CCC(O)C(C)(C)C. The molecule has 0 rings (SSSR count). The Bertz CT molecular complexity index is 115. The highest BCUT2D eigenvalue weighted by molar-refractivity contribution is 4.73. The highest BCUT2D eigenvalue weighted by Crippen LogP contribution is 2.23. The van der Waals surface area contributed by atoms with E-state index in [-0.39, 0.29) is 18.1 Å². The first kappa shape index (κ1) is 11.9. The highest BCUT2D eigenvalue weighted by Gasteiger charge is 2.21. The monoisotopic (exact) mass is 174 g/mol. The lowest BCUT2D eigenvalue weighted by Crippen LogP contribution is -2.26. The minimum absolute atomic E-state index is 0.0326. The van der Waals surface area contributed by atoms with Crippen molar-refractivity contribution in [3.05, 3.63) is 0 Å². The van der Waals surface area contributed by atoms with E-state index in [2.05, 4.69) is 0 Å². The molecule has 12 heavy (non-hydrogen) atoms. The van der Waals surface area contributed by atoms with E-state index in [1.54, 1.807) is 0 Å². The van der Waals surface area contributed by atoms with Gasteiger partial charge in [-0.2, -0.15) is 0 Å². The standard InChI is InChI=1S/C10H22O2/c1-8(7-11)5-6-9(12)10(2,3)4/h8-9,11-12H,5-7H2,1-4H3. The van der Waals surface area contributed by atoms with E-state index in [0.29, 0.717) is 5.92 Å². The molecule has 0 aliphatic carbocycles. The van der Waals surface area contributed by atoms with Crippen LogP contribution in [0.1, 0.15) is 40.5 Å². The predicted octanol–water partition coefficient (Wildman–Crippen LogP) is 1.80. The van der Waals surface area contributed by atoms with Crippen LogP contribution in [0.25, 0.3) is 0 Å². The van der Waals surface area contributed by atoms with Gasteiger partial charge in [0.1, 0.15) is 0 Å². The van der Waals surface area contributed by atoms with E-state index in [1.807, 2.05) is 27.7 Å². The summed E-state index contributed by atoms with van der Waals surface area (Å²) in [7, 11) is 0. The lowest BCUT2D eigenvalue weighted by atomic mass is 9.85. The minimum Gasteiger partial charge on any atom is -0.396 e. The molecule has 0 spiro atoms. The zero-order valence-corrected chi connectivity index (χ0v) is 8.67. The molecular weight excluding hydrogens is 152 g/mol. The van der Waals surface area contributed by atoms with Crippen LogP contribution in [0.3, 0.4) is 0 Å². The third-order valence-electron chi connectivity index (χ3n) is 2.24. The van der Waals surface area contributed by atoms with Crippen LogP contribution in [0.15, 0.2) is 0 Å². The third-order valence-corrected chi connectivity index (χ3v) is 2.24. The Labute approximate surface area is 75.6 Å². The second-order valence-electron chi connectivity index (χ2n) is 4.75. The molecule has 0 radical (unpaired) electrons. The van der Waals surface area contributed by atoms with Gasteiger partial charge in [0, 0.05) is 6.61 Å². The van der Waals surface area contributed by atoms with E-state index in [4.69, 9.17) is 5.11 Å². The summed E-state index contributed by atoms with van der Waals surface area (Å²) in [5, 5.41) is 18.4. The van der Waals surface area contributed by atoms with Crippen LogP contribution in [0.4, 0.5) is 0 Å². The summed E-state index contributed by atoms with van der Waals surface area (Å²) in [6.07, 6.45) is 1.42. The Morgan fingerprint density at radius 2 is 1.67 bits per heavy atom. The molecule has 0 aromatic rings. The molecular formula is C10H22O2. The first-order chi connectivity index (χ1) is 5.38. The Balaban J connectivity index is 3.64. The molecule has 2 nitrogen and oxygen atoms in total. The van der Waals surface area contributed by atoms with Gasteiger partial charge < -0.3 is 10.2 Å². The second-order valence-corrected chi connectivity index (χ2v) is 4.75. The highest BCUT2D eigenvalue weighted by atomic mass is 16.3. The third kappa shape index (κ3) is 4.73. The molecule has 2 unspecified atom stereocenters. The molecule has 0 bridgehead atoms. The van der Waals surface area contributed by atoms with Gasteiger partial charge in [0.05, 0.1) is 6.10 Å². The maximum Gasteiger partial charge on any atom is 0.0588 e. The molecule has 0 saturated heterocycles. The van der Waals surface area contributed by atoms with Crippen LogP contribution in [0, 0.1) is 11.3 Å². The number of aliphatic hydroxyl groups is 2. The fourth-order valence-corrected chi connectivity index (χ4v) is 0.967. The van der Waals surface area contributed by atoms with E-state index in [0.717, 1.165) is 12.8 Å². The lowest BCUT2D eigenvalue weighted by molar-refractivity contribution is 0.0478. The van der Waals surface area contributed by atoms with Crippen molar-refractivity contribution in [3.8, 4) is 0 Å². The minimum atomic E-state index is -0.258. The Morgan fingerprint density at radius 3 is 2.00 bits per heavy atom. The number of aliphatic hydroxyl groups excluding tert-OH is 2. The summed E-state index contributed by atoms with van der Waals surface area (Å²) >= 11 is 0. The molecule has 2 heteroatoms. The molecule has 0 amide bonds. The Kier molecular flexibility index (Phi) is 4.80. The van der Waals surface area contributed by atoms with Gasteiger partial charge in [0.15, 0.2) is 0 Å². The van der Waals surface area contributed by atoms with Gasteiger partial charge in [-0.3, -0.25) is 0 Å². The lowest BCUT2D eigenvalue weighted by Gasteiger charge is -2.26. The Hall–Kier alpha value is -0.0800. The van der Waals surface area contributed by atoms with Gasteiger partial charge in [-0.05, 0) is 24.2 Å². The number of hydrogen-bond donors (Lipinski definition) is 2. The first-order valence-corrected chi connectivity index (χ1v) is 4.67. The van der Waals surface area contributed by atoms with E-state index in [9.17, 15) is 5.11 Å². The topological polar surface area (TPSA) is 40.5 Å². The van der Waals surface area contributed by atoms with Crippen molar-refractivity contribution in [2.45, 2.75) is 46.6 Å². The Morgan fingerprint density at radius 1 is 1.17 bits per heavy atom. The summed E-state index contributed by atoms with van der Waals surface area (Å²) in [6, 6.07) is 0. The van der Waals surface area contributed by atoms with Crippen molar-refractivity contribution in [2.24, 2.45) is 11.3 Å². The van der Waals surface area contributed by atoms with Crippen molar-refractivity contribution in [3.63, 3.8) is 0 Å². The van der Waals surface area contributed by atoms with Gasteiger partial charge in [-0.15, -0.1) is 0 Å². The molecule has 2 N–H and O–H groups in total. The maximum absolute atomic E-state index is 9.65. The smallest absolute Gasteiger partial charge is 0.0588 e. The van der Waals surface area contributed by atoms with Crippen LogP contribution in [-0.4, -0.2) is 22.9 Å². The molecule has 0 aliphatic heterocycles. The maximum atomic E-state index is 9.65. The van der Waals surface area contributed by atoms with Gasteiger partial charge in [-0.1, -0.05) is 27.7 Å². The van der Waals surface area contributed by atoms with Crippen LogP contribution in [-0.2, 0) is 0 Å². The van der Waals surface area contributed by atoms with Gasteiger partial charge >= 0.3 is 0 Å². The number of rotatable bonds is 4. The van der Waals surface area contributed by atoms with Crippen LogP contribution in [0.5, 0.6) is 0 Å². The molecule has 0 heterocycles. The molecule has 0 aromatic carbocycles.